The van der Waals surface area contributed by atoms with Gasteiger partial charge in [0.2, 0.25) is 0 Å². The molecule has 80 valence electrons. The minimum absolute atomic E-state index is 0.441. The molecule has 0 rings (SSSR count). The molecule has 0 amide bonds. The lowest BCUT2D eigenvalue weighted by Crippen LogP contribution is -2.27. The fraction of sp³-hybridized carbons (Fsp3) is 1.00. The molecule has 0 spiro atoms. The van der Waals surface area contributed by atoms with Gasteiger partial charge in [0.15, 0.2) is 0 Å². The van der Waals surface area contributed by atoms with Crippen molar-refractivity contribution in [1.82, 2.24) is 0 Å². The number of unbranched alkanes of at least 4 members (excludes halogenated alkanes) is 3. The second-order valence-electron chi connectivity index (χ2n) is 4.28. The molecular formula is C12H27N. The normalized spacial score (nSPS) is 15.7. The Balaban J connectivity index is 3.32. The van der Waals surface area contributed by atoms with Gasteiger partial charge in [-0.2, -0.15) is 0 Å². The Labute approximate surface area is 84.1 Å². The Morgan fingerprint density at radius 3 is 2.15 bits per heavy atom. The van der Waals surface area contributed by atoms with Crippen LogP contribution in [0.4, 0.5) is 0 Å². The molecule has 0 aliphatic carbocycles. The average Bonchev–Trinajstić information content (AvgIpc) is 2.12. The van der Waals surface area contributed by atoms with Crippen molar-refractivity contribution in [3.8, 4) is 0 Å². The summed E-state index contributed by atoms with van der Waals surface area (Å²) in [6.07, 6.45) is 9.15. The Hall–Kier alpha value is -0.0400. The molecule has 2 N–H and O–H groups in total. The van der Waals surface area contributed by atoms with Gasteiger partial charge in [0.1, 0.15) is 0 Å². The first-order valence-corrected chi connectivity index (χ1v) is 5.97. The molecule has 1 heteroatoms. The van der Waals surface area contributed by atoms with Crippen LogP contribution in [0, 0.1) is 5.92 Å². The van der Waals surface area contributed by atoms with Crippen LogP contribution < -0.4 is 5.73 Å². The highest BCUT2D eigenvalue weighted by atomic mass is 14.6. The zero-order chi connectivity index (χ0) is 10.1. The lowest BCUT2D eigenvalue weighted by molar-refractivity contribution is 0.389. The predicted molar refractivity (Wildman–Crippen MR) is 60.8 cm³/mol. The number of hydrogen-bond donors (Lipinski definition) is 1. The van der Waals surface area contributed by atoms with E-state index in [2.05, 4.69) is 20.8 Å². The van der Waals surface area contributed by atoms with Crippen LogP contribution >= 0.6 is 0 Å². The van der Waals surface area contributed by atoms with Gasteiger partial charge in [-0.15, -0.1) is 0 Å². The molecule has 0 saturated heterocycles. The molecule has 0 aromatic rings. The van der Waals surface area contributed by atoms with Gasteiger partial charge >= 0.3 is 0 Å². The quantitative estimate of drug-likeness (QED) is 0.573. The molecule has 0 saturated carbocycles. The van der Waals surface area contributed by atoms with Crippen molar-refractivity contribution in [3.05, 3.63) is 0 Å². The maximum atomic E-state index is 6.09. The van der Waals surface area contributed by atoms with E-state index in [1.807, 2.05) is 0 Å². The zero-order valence-electron chi connectivity index (χ0n) is 9.68. The van der Waals surface area contributed by atoms with E-state index < -0.39 is 0 Å². The van der Waals surface area contributed by atoms with Crippen LogP contribution in [-0.4, -0.2) is 6.04 Å². The molecule has 0 radical (unpaired) electrons. The van der Waals surface area contributed by atoms with Crippen molar-refractivity contribution in [2.45, 2.75) is 71.8 Å². The van der Waals surface area contributed by atoms with E-state index in [0.717, 1.165) is 0 Å². The van der Waals surface area contributed by atoms with Gasteiger partial charge in [0.05, 0.1) is 0 Å². The lowest BCUT2D eigenvalue weighted by Gasteiger charge is -2.18. The van der Waals surface area contributed by atoms with Gasteiger partial charge in [0.25, 0.3) is 0 Å². The number of rotatable bonds is 8. The fourth-order valence-corrected chi connectivity index (χ4v) is 1.76. The lowest BCUT2D eigenvalue weighted by atomic mass is 9.93. The van der Waals surface area contributed by atoms with Crippen LogP contribution in [0.1, 0.15) is 65.7 Å². The van der Waals surface area contributed by atoms with Gasteiger partial charge in [-0.25, -0.2) is 0 Å². The summed E-state index contributed by atoms with van der Waals surface area (Å²) in [5.41, 5.74) is 6.09. The van der Waals surface area contributed by atoms with E-state index >= 15 is 0 Å². The molecule has 0 fully saturated rings. The maximum Gasteiger partial charge on any atom is 0.00645 e. The highest BCUT2D eigenvalue weighted by molar-refractivity contribution is 4.68. The summed E-state index contributed by atoms with van der Waals surface area (Å²) >= 11 is 0. The first kappa shape index (κ1) is 13.0. The molecule has 13 heavy (non-hydrogen) atoms. The number of nitrogens with two attached hydrogens (primary N) is 1. The van der Waals surface area contributed by atoms with E-state index in [4.69, 9.17) is 5.73 Å². The third-order valence-corrected chi connectivity index (χ3v) is 2.87. The van der Waals surface area contributed by atoms with Crippen LogP contribution in [0.25, 0.3) is 0 Å². The summed E-state index contributed by atoms with van der Waals surface area (Å²) < 4.78 is 0. The summed E-state index contributed by atoms with van der Waals surface area (Å²) in [7, 11) is 0. The van der Waals surface area contributed by atoms with Crippen LogP contribution in [0.15, 0.2) is 0 Å². The third kappa shape index (κ3) is 7.06. The second-order valence-corrected chi connectivity index (χ2v) is 4.28. The molecule has 0 aliphatic heterocycles. The highest BCUT2D eigenvalue weighted by Crippen LogP contribution is 2.14. The van der Waals surface area contributed by atoms with E-state index in [1.54, 1.807) is 0 Å². The van der Waals surface area contributed by atoms with Crippen LogP contribution in [-0.2, 0) is 0 Å². The molecular weight excluding hydrogens is 158 g/mol. The maximum absolute atomic E-state index is 6.09. The topological polar surface area (TPSA) is 26.0 Å². The van der Waals surface area contributed by atoms with Crippen LogP contribution in [0.2, 0.25) is 0 Å². The van der Waals surface area contributed by atoms with Gasteiger partial charge in [-0.3, -0.25) is 0 Å². The van der Waals surface area contributed by atoms with Crippen molar-refractivity contribution in [2.75, 3.05) is 0 Å². The van der Waals surface area contributed by atoms with Crippen molar-refractivity contribution in [2.24, 2.45) is 11.7 Å². The van der Waals surface area contributed by atoms with Gasteiger partial charge in [-0.05, 0) is 18.8 Å². The summed E-state index contributed by atoms with van der Waals surface area (Å²) in [6, 6.07) is 0.441. The van der Waals surface area contributed by atoms with Crippen molar-refractivity contribution >= 4 is 0 Å². The molecule has 0 aromatic heterocycles. The van der Waals surface area contributed by atoms with Gasteiger partial charge in [-0.1, -0.05) is 52.9 Å². The first-order valence-electron chi connectivity index (χ1n) is 5.97. The predicted octanol–water partition coefficient (Wildman–Crippen LogP) is 3.72. The zero-order valence-corrected chi connectivity index (χ0v) is 9.68. The Morgan fingerprint density at radius 2 is 1.62 bits per heavy atom. The Morgan fingerprint density at radius 1 is 0.923 bits per heavy atom. The van der Waals surface area contributed by atoms with Crippen LogP contribution in [0.3, 0.4) is 0 Å². The highest BCUT2D eigenvalue weighted by Gasteiger charge is 2.10. The third-order valence-electron chi connectivity index (χ3n) is 2.87. The second kappa shape index (κ2) is 8.55. The molecule has 2 atom stereocenters. The van der Waals surface area contributed by atoms with Crippen LogP contribution in [0.5, 0.6) is 0 Å². The number of hydrogen-bond acceptors (Lipinski definition) is 1. The summed E-state index contributed by atoms with van der Waals surface area (Å²) in [5.74, 6) is 0.714. The molecule has 0 aromatic carbocycles. The molecule has 2 unspecified atom stereocenters. The van der Waals surface area contributed by atoms with E-state index in [0.29, 0.717) is 12.0 Å². The molecule has 0 aliphatic rings. The van der Waals surface area contributed by atoms with E-state index in [-0.39, 0.29) is 0 Å². The van der Waals surface area contributed by atoms with Crippen molar-refractivity contribution in [1.29, 1.82) is 0 Å². The minimum Gasteiger partial charge on any atom is -0.327 e. The summed E-state index contributed by atoms with van der Waals surface area (Å²) in [5, 5.41) is 0. The summed E-state index contributed by atoms with van der Waals surface area (Å²) in [6.45, 7) is 6.77. The Bertz CT molecular complexity index is 101. The molecule has 0 heterocycles. The Kier molecular flexibility index (Phi) is 8.53. The fourth-order valence-electron chi connectivity index (χ4n) is 1.76. The van der Waals surface area contributed by atoms with Gasteiger partial charge in [0, 0.05) is 6.04 Å². The monoisotopic (exact) mass is 185 g/mol. The summed E-state index contributed by atoms with van der Waals surface area (Å²) in [4.78, 5) is 0. The first-order chi connectivity index (χ1) is 6.22. The molecule has 0 bridgehead atoms. The van der Waals surface area contributed by atoms with E-state index in [1.165, 1.54) is 44.9 Å². The smallest absolute Gasteiger partial charge is 0.00645 e. The SMILES string of the molecule is CCCCCCC(N)C(C)CCC. The van der Waals surface area contributed by atoms with E-state index in [9.17, 15) is 0 Å². The minimum atomic E-state index is 0.441. The molecule has 1 nitrogen and oxygen atoms in total. The largest absolute Gasteiger partial charge is 0.327 e. The van der Waals surface area contributed by atoms with Crippen molar-refractivity contribution in [3.63, 3.8) is 0 Å². The average molecular weight is 185 g/mol. The standard InChI is InChI=1S/C12H27N/c1-4-6-7-8-10-12(13)11(3)9-5-2/h11-12H,4-10,13H2,1-3H3. The van der Waals surface area contributed by atoms with Gasteiger partial charge < -0.3 is 5.73 Å². The van der Waals surface area contributed by atoms with Crippen molar-refractivity contribution < 1.29 is 0 Å².